The number of carbonyl (C=O) groups is 1. The van der Waals surface area contributed by atoms with Crippen molar-refractivity contribution in [3.8, 4) is 11.5 Å². The minimum atomic E-state index is 0.235. The molecule has 2 aliphatic rings. The molecule has 1 aromatic rings. The second-order valence-corrected chi connectivity index (χ2v) is 5.69. The second-order valence-electron chi connectivity index (χ2n) is 5.69. The van der Waals surface area contributed by atoms with Gasteiger partial charge in [-0.1, -0.05) is 12.1 Å². The van der Waals surface area contributed by atoms with E-state index < -0.39 is 0 Å². The molecule has 21 heavy (non-hydrogen) atoms. The molecule has 1 N–H and O–H groups in total. The molecule has 0 aromatic heterocycles. The molecule has 1 fully saturated rings. The molecular weight excluding hydrogens is 268 g/mol. The first kappa shape index (κ1) is 14.2. The molecule has 1 amide bonds. The number of rotatable bonds is 3. The number of para-hydroxylation sites is 1. The number of likely N-dealkylation sites (N-methyl/N-ethyl adjacent to an activating group) is 1. The molecule has 1 unspecified atom stereocenters. The van der Waals surface area contributed by atoms with Gasteiger partial charge in [0.2, 0.25) is 5.91 Å². The topological polar surface area (TPSA) is 50.8 Å². The lowest BCUT2D eigenvalue weighted by Crippen LogP contribution is -2.46. The van der Waals surface area contributed by atoms with E-state index in [0.29, 0.717) is 25.7 Å². The highest BCUT2D eigenvalue weighted by Crippen LogP contribution is 2.33. The highest BCUT2D eigenvalue weighted by Gasteiger charge is 2.23. The molecule has 0 radical (unpaired) electrons. The van der Waals surface area contributed by atoms with Crippen LogP contribution < -0.4 is 14.8 Å². The van der Waals surface area contributed by atoms with Gasteiger partial charge in [-0.15, -0.1) is 0 Å². The van der Waals surface area contributed by atoms with Crippen molar-refractivity contribution >= 4 is 5.91 Å². The number of ether oxygens (including phenoxy) is 2. The van der Waals surface area contributed by atoms with Gasteiger partial charge in [0.25, 0.3) is 0 Å². The van der Waals surface area contributed by atoms with Crippen molar-refractivity contribution in [1.29, 1.82) is 0 Å². The van der Waals surface area contributed by atoms with Crippen molar-refractivity contribution in [2.45, 2.75) is 31.8 Å². The summed E-state index contributed by atoms with van der Waals surface area (Å²) in [6.45, 7) is 2.91. The summed E-state index contributed by atoms with van der Waals surface area (Å²) in [4.78, 5) is 13.3. The first-order valence-corrected chi connectivity index (χ1v) is 7.59. The SMILES string of the molecule is CN1CC(NCc2cccc3c2OCCCO3)CCC1=O. The number of benzene rings is 1. The van der Waals surface area contributed by atoms with Crippen LogP contribution in [0.5, 0.6) is 11.5 Å². The summed E-state index contributed by atoms with van der Waals surface area (Å²) < 4.78 is 11.5. The number of hydrogen-bond donors (Lipinski definition) is 1. The lowest BCUT2D eigenvalue weighted by Gasteiger charge is -2.30. The van der Waals surface area contributed by atoms with Gasteiger partial charge in [-0.25, -0.2) is 0 Å². The summed E-state index contributed by atoms with van der Waals surface area (Å²) >= 11 is 0. The van der Waals surface area contributed by atoms with Crippen molar-refractivity contribution in [3.05, 3.63) is 23.8 Å². The number of fused-ring (bicyclic) bond motifs is 1. The van der Waals surface area contributed by atoms with Crippen molar-refractivity contribution in [2.24, 2.45) is 0 Å². The summed E-state index contributed by atoms with van der Waals surface area (Å²) in [7, 11) is 1.86. The summed E-state index contributed by atoms with van der Waals surface area (Å²) in [6, 6.07) is 6.37. The summed E-state index contributed by atoms with van der Waals surface area (Å²) in [6.07, 6.45) is 2.44. The van der Waals surface area contributed by atoms with Gasteiger partial charge in [-0.2, -0.15) is 0 Å². The quantitative estimate of drug-likeness (QED) is 0.918. The monoisotopic (exact) mass is 290 g/mol. The maximum Gasteiger partial charge on any atom is 0.222 e. The average molecular weight is 290 g/mol. The molecule has 114 valence electrons. The smallest absolute Gasteiger partial charge is 0.222 e. The minimum Gasteiger partial charge on any atom is -0.490 e. The van der Waals surface area contributed by atoms with Crippen LogP contribution in [0.1, 0.15) is 24.8 Å². The van der Waals surface area contributed by atoms with Crippen LogP contribution in [0.4, 0.5) is 0 Å². The predicted molar refractivity (Wildman–Crippen MR) is 79.5 cm³/mol. The van der Waals surface area contributed by atoms with Crippen LogP contribution in [0.15, 0.2) is 18.2 Å². The molecule has 0 saturated carbocycles. The van der Waals surface area contributed by atoms with Crippen LogP contribution in [-0.4, -0.2) is 43.7 Å². The summed E-state index contributed by atoms with van der Waals surface area (Å²) in [5.74, 6) is 1.93. The zero-order valence-corrected chi connectivity index (χ0v) is 12.4. The van der Waals surface area contributed by atoms with E-state index in [1.165, 1.54) is 0 Å². The molecule has 5 heteroatoms. The van der Waals surface area contributed by atoms with Crippen molar-refractivity contribution < 1.29 is 14.3 Å². The van der Waals surface area contributed by atoms with E-state index in [-0.39, 0.29) is 5.91 Å². The fourth-order valence-corrected chi connectivity index (χ4v) is 2.83. The molecule has 0 spiro atoms. The maximum absolute atomic E-state index is 11.5. The molecule has 1 aromatic carbocycles. The number of carbonyl (C=O) groups excluding carboxylic acids is 1. The Kier molecular flexibility index (Phi) is 4.29. The molecule has 5 nitrogen and oxygen atoms in total. The van der Waals surface area contributed by atoms with Gasteiger partial charge in [0.05, 0.1) is 13.2 Å². The first-order valence-electron chi connectivity index (χ1n) is 7.59. The zero-order valence-electron chi connectivity index (χ0n) is 12.4. The number of nitrogens with zero attached hydrogens (tertiary/aromatic N) is 1. The third-order valence-electron chi connectivity index (χ3n) is 4.06. The predicted octanol–water partition coefficient (Wildman–Crippen LogP) is 1.56. The lowest BCUT2D eigenvalue weighted by molar-refractivity contribution is -0.132. The van der Waals surface area contributed by atoms with Gasteiger partial charge in [0.1, 0.15) is 0 Å². The molecule has 0 aliphatic carbocycles. The minimum absolute atomic E-state index is 0.235. The molecule has 0 bridgehead atoms. The molecule has 1 saturated heterocycles. The van der Waals surface area contributed by atoms with Gasteiger partial charge in [0, 0.05) is 44.6 Å². The Labute approximate surface area is 125 Å². The molecule has 2 heterocycles. The average Bonchev–Trinajstić information content (AvgIpc) is 2.74. The summed E-state index contributed by atoms with van der Waals surface area (Å²) in [5.41, 5.74) is 1.12. The van der Waals surface area contributed by atoms with Crippen LogP contribution in [0, 0.1) is 0 Å². The molecule has 3 rings (SSSR count). The lowest BCUT2D eigenvalue weighted by atomic mass is 10.0. The summed E-state index contributed by atoms with van der Waals surface area (Å²) in [5, 5.41) is 3.53. The van der Waals surface area contributed by atoms with Crippen LogP contribution in [0.2, 0.25) is 0 Å². The standard InChI is InChI=1S/C16H22N2O3/c1-18-11-13(6-7-15(18)19)17-10-12-4-2-5-14-16(12)21-9-3-8-20-14/h2,4-5,13,17H,3,6-11H2,1H3. The number of amides is 1. The zero-order chi connectivity index (χ0) is 14.7. The van der Waals surface area contributed by atoms with E-state index in [9.17, 15) is 4.79 Å². The number of nitrogens with one attached hydrogen (secondary N) is 1. The van der Waals surface area contributed by atoms with Gasteiger partial charge < -0.3 is 19.7 Å². The third-order valence-corrected chi connectivity index (χ3v) is 4.06. The Morgan fingerprint density at radius 1 is 1.33 bits per heavy atom. The van der Waals surface area contributed by atoms with Crippen LogP contribution >= 0.6 is 0 Å². The van der Waals surface area contributed by atoms with Crippen LogP contribution in [0.3, 0.4) is 0 Å². The third kappa shape index (κ3) is 3.29. The van der Waals surface area contributed by atoms with E-state index in [2.05, 4.69) is 11.4 Å². The Hall–Kier alpha value is -1.75. The molecular formula is C16H22N2O3. The van der Waals surface area contributed by atoms with Gasteiger partial charge >= 0.3 is 0 Å². The highest BCUT2D eigenvalue weighted by molar-refractivity contribution is 5.76. The van der Waals surface area contributed by atoms with Gasteiger partial charge in [0.15, 0.2) is 11.5 Å². The van der Waals surface area contributed by atoms with Crippen molar-refractivity contribution in [1.82, 2.24) is 10.2 Å². The normalized spacial score (nSPS) is 22.0. The van der Waals surface area contributed by atoms with E-state index in [0.717, 1.165) is 43.0 Å². The van der Waals surface area contributed by atoms with E-state index >= 15 is 0 Å². The van der Waals surface area contributed by atoms with E-state index in [1.54, 1.807) is 4.90 Å². The van der Waals surface area contributed by atoms with Crippen molar-refractivity contribution in [2.75, 3.05) is 26.8 Å². The first-order chi connectivity index (χ1) is 10.2. The van der Waals surface area contributed by atoms with Crippen LogP contribution in [0.25, 0.3) is 0 Å². The van der Waals surface area contributed by atoms with Gasteiger partial charge in [-0.05, 0) is 12.5 Å². The number of likely N-dealkylation sites (tertiary alicyclic amines) is 1. The molecule has 2 aliphatic heterocycles. The van der Waals surface area contributed by atoms with E-state index in [4.69, 9.17) is 9.47 Å². The largest absolute Gasteiger partial charge is 0.490 e. The Balaban J connectivity index is 1.64. The fraction of sp³-hybridized carbons (Fsp3) is 0.562. The highest BCUT2D eigenvalue weighted by atomic mass is 16.5. The van der Waals surface area contributed by atoms with Gasteiger partial charge in [-0.3, -0.25) is 4.79 Å². The molecule has 1 atom stereocenters. The van der Waals surface area contributed by atoms with E-state index in [1.807, 2.05) is 19.2 Å². The number of hydrogen-bond acceptors (Lipinski definition) is 4. The van der Waals surface area contributed by atoms with Crippen molar-refractivity contribution in [3.63, 3.8) is 0 Å². The Morgan fingerprint density at radius 3 is 3.05 bits per heavy atom. The second kappa shape index (κ2) is 6.35. The maximum atomic E-state index is 11.5. The Morgan fingerprint density at radius 2 is 2.19 bits per heavy atom. The number of piperidine rings is 1. The van der Waals surface area contributed by atoms with Crippen LogP contribution in [-0.2, 0) is 11.3 Å². The Bertz CT molecular complexity index is 518. The fourth-order valence-electron chi connectivity index (χ4n) is 2.83.